The van der Waals surface area contributed by atoms with Crippen LogP contribution in [0, 0.1) is 11.6 Å². The van der Waals surface area contributed by atoms with Gasteiger partial charge in [-0.25, -0.2) is 40.7 Å². The summed E-state index contributed by atoms with van der Waals surface area (Å²) in [4.78, 5) is 91.8. The summed E-state index contributed by atoms with van der Waals surface area (Å²) < 4.78 is 106. The number of halogens is 9. The van der Waals surface area contributed by atoms with Crippen molar-refractivity contribution in [3.05, 3.63) is 198 Å². The van der Waals surface area contributed by atoms with Crippen LogP contribution in [0.2, 0.25) is 10.0 Å². The zero-order valence-electron chi connectivity index (χ0n) is 43.5. The molecule has 2 aromatic heterocycles. The molecule has 6 aromatic carbocycles. The van der Waals surface area contributed by atoms with Crippen LogP contribution in [0.5, 0.6) is 23.0 Å². The maximum absolute atomic E-state index is 15.7. The predicted molar refractivity (Wildman–Crippen MR) is 296 cm³/mol. The van der Waals surface area contributed by atoms with Crippen molar-refractivity contribution >= 4 is 93.2 Å². The number of ether oxygens (including phenoxy) is 3. The Balaban J connectivity index is 0.000000210. The van der Waals surface area contributed by atoms with Crippen LogP contribution in [0.1, 0.15) is 65.1 Å². The number of hydrogen-bond acceptors (Lipinski definition) is 14. The summed E-state index contributed by atoms with van der Waals surface area (Å²) in [7, 11) is 0. The van der Waals surface area contributed by atoms with Gasteiger partial charge >= 0.3 is 17.5 Å². The minimum absolute atomic E-state index is 0. The molecule has 4 N–H and O–H groups in total. The minimum Gasteiger partial charge on any atom is -0.460 e. The molecular weight excluding hydrogens is 1170 g/mol. The van der Waals surface area contributed by atoms with Crippen LogP contribution >= 0.6 is 35.6 Å². The van der Waals surface area contributed by atoms with E-state index in [1.54, 1.807) is 79.7 Å². The number of aliphatic imine (C=N–C) groups is 1. The first-order chi connectivity index (χ1) is 38.9. The number of H-pyrrole nitrogens is 2. The normalized spacial score (nSPS) is 13.5. The maximum Gasteiger partial charge on any atom is 0.417 e. The summed E-state index contributed by atoms with van der Waals surface area (Å²) in [6.07, 6.45) is -0.172. The van der Waals surface area contributed by atoms with Crippen LogP contribution < -0.4 is 26.7 Å². The lowest BCUT2D eigenvalue weighted by Crippen LogP contribution is -2.40. The number of nitrogens with two attached hydrogens (primary N) is 1. The molecule has 4 heterocycles. The average Bonchev–Trinajstić information content (AvgIpc) is 1.97. The zero-order chi connectivity index (χ0) is 59.6. The number of nitrogens with one attached hydrogen (secondary N) is 2. The first kappa shape index (κ1) is 63.4. The summed E-state index contributed by atoms with van der Waals surface area (Å²) in [5, 5.41) is 1.11. The van der Waals surface area contributed by atoms with E-state index in [0.29, 0.717) is 62.7 Å². The summed E-state index contributed by atoms with van der Waals surface area (Å²) in [5.41, 5.74) is 6.81. The standard InChI is InChI=1S/C28H19ClF3N3O4.C13H8ClFO2.C13H11NO6.C3H7F2N.ClH/c1-28(31,32)13-35-24(17-10-9-16(11-20(17)30)38-15-7-5-14(29)6-8-15)22-19(26(35)36)12-33-23(22)18-3-2-4-21-25(18)39-27(37)34-21;14-10-2-5-11(6-3-10)17-12-4-1-9(8-16)13(15)7-12;1-2-19-12(17)10(16)6-9(15)7-4-3-5-8-11(7)20-13(18)14-8;1-3(4,5)2-6;/h2-11,24H,12-13H2,1H3,(H,34,37);1-8H;3-5H,2,6H2,1H3,(H,14,18);2,6H2,1H3;1H. The van der Waals surface area contributed by atoms with Crippen molar-refractivity contribution in [1.29, 1.82) is 0 Å². The monoisotopic (exact) mass is 1210 g/mol. The number of aldehydes is 1. The number of amides is 1. The second kappa shape index (κ2) is 27.3. The van der Waals surface area contributed by atoms with Crippen LogP contribution in [0.25, 0.3) is 22.2 Å². The molecule has 8 aromatic rings. The Morgan fingerprint density at radius 1 is 0.747 bits per heavy atom. The van der Waals surface area contributed by atoms with E-state index < -0.39 is 84.0 Å². The molecule has 0 saturated heterocycles. The molecule has 17 nitrogen and oxygen atoms in total. The summed E-state index contributed by atoms with van der Waals surface area (Å²) in [6, 6.07) is 29.5. The minimum atomic E-state index is -3.24. The number of aromatic nitrogens is 2. The first-order valence-corrected chi connectivity index (χ1v) is 25.0. The molecule has 0 spiro atoms. The second-order valence-electron chi connectivity index (χ2n) is 18.0. The summed E-state index contributed by atoms with van der Waals surface area (Å²) in [5.74, 6) is -10.5. The topological polar surface area (TPSA) is 247 Å². The van der Waals surface area contributed by atoms with Gasteiger partial charge in [0.15, 0.2) is 23.2 Å². The predicted octanol–water partition coefficient (Wildman–Crippen LogP) is 12.0. The van der Waals surface area contributed by atoms with Crippen molar-refractivity contribution in [2.75, 3.05) is 26.2 Å². The zero-order valence-corrected chi connectivity index (χ0v) is 45.9. The van der Waals surface area contributed by atoms with E-state index >= 15 is 4.39 Å². The van der Waals surface area contributed by atoms with E-state index in [1.807, 2.05) is 0 Å². The Hall–Kier alpha value is -8.77. The second-order valence-corrected chi connectivity index (χ2v) is 18.8. The number of fused-ring (bicyclic) bond motifs is 2. The number of hydrogen-bond donors (Lipinski definition) is 3. The lowest BCUT2D eigenvalue weighted by molar-refractivity contribution is -0.153. The highest BCUT2D eigenvalue weighted by atomic mass is 35.5. The number of alkyl halides is 4. The average molecular weight is 1210 g/mol. The van der Waals surface area contributed by atoms with Gasteiger partial charge in [-0.05, 0) is 104 Å². The molecule has 434 valence electrons. The molecule has 1 atom stereocenters. The number of aromatic amines is 2. The molecular formula is C57H46Cl3F6N5O12. The molecule has 0 bridgehead atoms. The quantitative estimate of drug-likeness (QED) is 0.0216. The molecule has 83 heavy (non-hydrogen) atoms. The van der Waals surface area contributed by atoms with Crippen molar-refractivity contribution in [2.45, 2.75) is 45.1 Å². The Morgan fingerprint density at radius 2 is 1.27 bits per heavy atom. The molecule has 26 heteroatoms. The molecule has 1 amide bonds. The first-order valence-electron chi connectivity index (χ1n) is 24.3. The number of oxazole rings is 2. The van der Waals surface area contributed by atoms with Crippen molar-refractivity contribution in [3.63, 3.8) is 0 Å². The number of carbonyl (C=O) groups excluding carboxylic acids is 5. The number of ketones is 2. The van der Waals surface area contributed by atoms with Crippen LogP contribution in [-0.4, -0.2) is 88.4 Å². The Labute approximate surface area is 482 Å². The number of carbonyl (C=O) groups is 5. The SMILES string of the molecule is CC(F)(F)CN.CC(F)(F)CN1C(=O)C2=C(C(c3cccc4[nH]c(=O)oc34)=NC2)C1c1ccc(Oc2ccc(Cl)cc2)cc1F.CCOC(=O)C(=O)CC(=O)c1cccc2[nH]c(=O)oc12.Cl.O=Cc1ccc(Oc2ccc(Cl)cc2)cc1F. The highest BCUT2D eigenvalue weighted by Gasteiger charge is 2.48. The van der Waals surface area contributed by atoms with Crippen LogP contribution in [-0.2, 0) is 19.1 Å². The Kier molecular flexibility index (Phi) is 20.9. The smallest absolute Gasteiger partial charge is 0.417 e. The van der Waals surface area contributed by atoms with Gasteiger partial charge in [-0.3, -0.25) is 34.1 Å². The molecule has 1 unspecified atom stereocenters. The summed E-state index contributed by atoms with van der Waals surface area (Å²) >= 11 is 11.6. The van der Waals surface area contributed by atoms with E-state index in [1.165, 1.54) is 42.5 Å². The number of benzene rings is 6. The fraction of sp³-hybridized carbons (Fsp3) is 0.193. The molecule has 0 aliphatic carbocycles. The van der Waals surface area contributed by atoms with Gasteiger partial charge in [0.2, 0.25) is 5.78 Å². The van der Waals surface area contributed by atoms with Gasteiger partial charge in [0.05, 0.1) is 66.6 Å². The van der Waals surface area contributed by atoms with Crippen molar-refractivity contribution in [1.82, 2.24) is 14.9 Å². The van der Waals surface area contributed by atoms with Gasteiger partial charge in [0.1, 0.15) is 34.6 Å². The van der Waals surface area contributed by atoms with Crippen LogP contribution in [0.15, 0.2) is 156 Å². The highest BCUT2D eigenvalue weighted by molar-refractivity contribution is 6.38. The van der Waals surface area contributed by atoms with Crippen LogP contribution in [0.3, 0.4) is 0 Å². The molecule has 0 radical (unpaired) electrons. The number of esters is 1. The summed E-state index contributed by atoms with van der Waals surface area (Å²) in [6.45, 7) is 1.53. The van der Waals surface area contributed by atoms with Crippen molar-refractivity contribution in [3.8, 4) is 23.0 Å². The van der Waals surface area contributed by atoms with Gasteiger partial charge in [-0.1, -0.05) is 35.3 Å². The Morgan fingerprint density at radius 3 is 1.78 bits per heavy atom. The number of nitrogens with zero attached hydrogens (tertiary/aromatic N) is 2. The van der Waals surface area contributed by atoms with Crippen molar-refractivity contribution < 1.29 is 73.4 Å². The largest absolute Gasteiger partial charge is 0.460 e. The molecule has 2 aliphatic rings. The maximum atomic E-state index is 15.7. The van der Waals surface area contributed by atoms with Crippen molar-refractivity contribution in [2.24, 2.45) is 10.7 Å². The van der Waals surface area contributed by atoms with E-state index in [9.17, 15) is 55.5 Å². The van der Waals surface area contributed by atoms with E-state index in [0.717, 1.165) is 17.9 Å². The van der Waals surface area contributed by atoms with E-state index in [2.05, 4.69) is 25.4 Å². The van der Waals surface area contributed by atoms with Gasteiger partial charge < -0.3 is 33.7 Å². The van der Waals surface area contributed by atoms with E-state index in [4.69, 9.17) is 41.5 Å². The van der Waals surface area contributed by atoms with Crippen LogP contribution in [0.4, 0.5) is 26.3 Å². The number of rotatable bonds is 15. The lowest BCUT2D eigenvalue weighted by Gasteiger charge is -2.30. The fourth-order valence-corrected chi connectivity index (χ4v) is 8.28. The molecule has 0 saturated carbocycles. The van der Waals surface area contributed by atoms with Gasteiger partial charge in [-0.2, -0.15) is 0 Å². The fourth-order valence-electron chi connectivity index (χ4n) is 8.03. The van der Waals surface area contributed by atoms with E-state index in [-0.39, 0.29) is 70.4 Å². The highest BCUT2D eigenvalue weighted by Crippen LogP contribution is 2.46. The van der Waals surface area contributed by atoms with Gasteiger partial charge in [-0.15, -0.1) is 12.4 Å². The number of para-hydroxylation sites is 2. The lowest BCUT2D eigenvalue weighted by atomic mass is 9.91. The third-order valence-electron chi connectivity index (χ3n) is 11.6. The molecule has 10 rings (SSSR count). The third kappa shape index (κ3) is 16.2. The third-order valence-corrected chi connectivity index (χ3v) is 12.1. The molecule has 0 fully saturated rings. The number of Topliss-reactive ketones (excluding diaryl/α,β-unsaturated/α-hetero) is 2. The van der Waals surface area contributed by atoms with Gasteiger partial charge in [0.25, 0.3) is 17.8 Å². The Bertz CT molecular complexity index is 3890. The van der Waals surface area contributed by atoms with Gasteiger partial charge in [0, 0.05) is 58.3 Å². The molecule has 2 aliphatic heterocycles.